The highest BCUT2D eigenvalue weighted by atomic mass is 16.5. The molecule has 0 saturated heterocycles. The van der Waals surface area contributed by atoms with E-state index in [9.17, 15) is 9.59 Å². The summed E-state index contributed by atoms with van der Waals surface area (Å²) in [5.74, 6) is -1.11. The predicted octanol–water partition coefficient (Wildman–Crippen LogP) is 5.85. The van der Waals surface area contributed by atoms with Crippen molar-refractivity contribution in [2.45, 2.75) is 12.2 Å². The van der Waals surface area contributed by atoms with Crippen LogP contribution in [0.4, 0.5) is 0 Å². The SMILES string of the molecule is C=CC(OC(=O)c1cccc(C(=O)OC(C=C)c2ccccc2)c1)c1ccccc1. The first-order chi connectivity index (χ1) is 14.6. The zero-order valence-electron chi connectivity index (χ0n) is 16.4. The van der Waals surface area contributed by atoms with Gasteiger partial charge in [-0.2, -0.15) is 0 Å². The van der Waals surface area contributed by atoms with Crippen molar-refractivity contribution in [1.29, 1.82) is 0 Å². The minimum Gasteiger partial charge on any atom is -0.450 e. The average Bonchev–Trinajstić information content (AvgIpc) is 2.81. The van der Waals surface area contributed by atoms with Crippen molar-refractivity contribution in [3.05, 3.63) is 132 Å². The van der Waals surface area contributed by atoms with Gasteiger partial charge in [-0.3, -0.25) is 0 Å². The third kappa shape index (κ3) is 5.11. The molecule has 3 aromatic rings. The van der Waals surface area contributed by atoms with E-state index < -0.39 is 24.1 Å². The van der Waals surface area contributed by atoms with Crippen molar-refractivity contribution < 1.29 is 19.1 Å². The summed E-state index contributed by atoms with van der Waals surface area (Å²) in [5, 5.41) is 0. The van der Waals surface area contributed by atoms with Gasteiger partial charge in [0.15, 0.2) is 0 Å². The van der Waals surface area contributed by atoms with Gasteiger partial charge in [-0.15, -0.1) is 0 Å². The molecule has 3 rings (SSSR count). The number of hydrogen-bond acceptors (Lipinski definition) is 4. The fourth-order valence-electron chi connectivity index (χ4n) is 2.93. The first-order valence-electron chi connectivity index (χ1n) is 9.49. The van der Waals surface area contributed by atoms with Crippen LogP contribution in [-0.2, 0) is 9.47 Å². The summed E-state index contributed by atoms with van der Waals surface area (Å²) in [7, 11) is 0. The van der Waals surface area contributed by atoms with Crippen molar-refractivity contribution in [2.75, 3.05) is 0 Å². The normalized spacial score (nSPS) is 12.3. The van der Waals surface area contributed by atoms with Crippen molar-refractivity contribution >= 4 is 11.9 Å². The largest absolute Gasteiger partial charge is 0.450 e. The number of hydrogen-bond donors (Lipinski definition) is 0. The highest BCUT2D eigenvalue weighted by molar-refractivity contribution is 5.95. The summed E-state index contributed by atoms with van der Waals surface area (Å²) < 4.78 is 11.1. The Morgan fingerprint density at radius 1 is 0.633 bits per heavy atom. The topological polar surface area (TPSA) is 52.6 Å². The highest BCUT2D eigenvalue weighted by Gasteiger charge is 2.19. The van der Waals surface area contributed by atoms with E-state index in [1.54, 1.807) is 30.4 Å². The fraction of sp³-hybridized carbons (Fsp3) is 0.0769. The molecule has 0 aliphatic carbocycles. The molecule has 0 aromatic heterocycles. The number of benzene rings is 3. The standard InChI is InChI=1S/C26H22O4/c1-3-23(19-12-7-5-8-13-19)29-25(27)21-16-11-17-22(18-21)26(28)30-24(4-2)20-14-9-6-10-15-20/h3-18,23-24H,1-2H2. The molecular formula is C26H22O4. The summed E-state index contributed by atoms with van der Waals surface area (Å²) >= 11 is 0. The molecule has 0 amide bonds. The van der Waals surface area contributed by atoms with E-state index in [2.05, 4.69) is 13.2 Å². The van der Waals surface area contributed by atoms with Gasteiger partial charge >= 0.3 is 11.9 Å². The molecule has 0 aliphatic heterocycles. The Balaban J connectivity index is 1.73. The summed E-state index contributed by atoms with van der Waals surface area (Å²) in [4.78, 5) is 25.2. The third-order valence-electron chi connectivity index (χ3n) is 4.49. The number of ether oxygens (including phenoxy) is 2. The van der Waals surface area contributed by atoms with Crippen LogP contribution < -0.4 is 0 Å². The molecule has 150 valence electrons. The molecule has 0 fully saturated rings. The quantitative estimate of drug-likeness (QED) is 0.352. The number of carbonyl (C=O) groups excluding carboxylic acids is 2. The van der Waals surface area contributed by atoms with Crippen LogP contribution in [-0.4, -0.2) is 11.9 Å². The van der Waals surface area contributed by atoms with Crippen LogP contribution >= 0.6 is 0 Å². The summed E-state index contributed by atoms with van der Waals surface area (Å²) in [6.07, 6.45) is 1.94. The predicted molar refractivity (Wildman–Crippen MR) is 116 cm³/mol. The Labute approximate surface area is 176 Å². The Bertz CT molecular complexity index is 944. The maximum atomic E-state index is 12.6. The lowest BCUT2D eigenvalue weighted by Gasteiger charge is -2.16. The molecule has 2 atom stereocenters. The summed E-state index contributed by atoms with van der Waals surface area (Å²) in [5.41, 5.74) is 2.13. The Hall–Kier alpha value is -3.92. The minimum atomic E-state index is -0.586. The van der Waals surface area contributed by atoms with Gasteiger partial charge in [-0.25, -0.2) is 9.59 Å². The van der Waals surface area contributed by atoms with Gasteiger partial charge in [-0.1, -0.05) is 79.9 Å². The van der Waals surface area contributed by atoms with Crippen LogP contribution in [0.15, 0.2) is 110 Å². The van der Waals surface area contributed by atoms with Crippen LogP contribution in [0, 0.1) is 0 Å². The summed E-state index contributed by atoms with van der Waals surface area (Å²) in [6.45, 7) is 7.48. The van der Waals surface area contributed by atoms with E-state index in [4.69, 9.17) is 9.47 Å². The van der Waals surface area contributed by atoms with Gasteiger partial charge in [0.05, 0.1) is 11.1 Å². The first-order valence-corrected chi connectivity index (χ1v) is 9.49. The van der Waals surface area contributed by atoms with E-state index in [0.717, 1.165) is 11.1 Å². The fourth-order valence-corrected chi connectivity index (χ4v) is 2.93. The van der Waals surface area contributed by atoms with Crippen molar-refractivity contribution in [3.63, 3.8) is 0 Å². The molecule has 30 heavy (non-hydrogen) atoms. The van der Waals surface area contributed by atoms with Gasteiger partial charge in [0.2, 0.25) is 0 Å². The molecule has 3 aromatic carbocycles. The second kappa shape index (κ2) is 10.0. The molecule has 4 heteroatoms. The van der Waals surface area contributed by atoms with Crippen LogP contribution in [0.5, 0.6) is 0 Å². The number of esters is 2. The molecule has 0 heterocycles. The van der Waals surface area contributed by atoms with Crippen LogP contribution in [0.3, 0.4) is 0 Å². The second-order valence-corrected chi connectivity index (χ2v) is 6.53. The molecule has 0 saturated carbocycles. The zero-order valence-corrected chi connectivity index (χ0v) is 16.4. The number of rotatable bonds is 8. The van der Waals surface area contributed by atoms with Gasteiger partial charge in [-0.05, 0) is 41.5 Å². The maximum absolute atomic E-state index is 12.6. The van der Waals surface area contributed by atoms with Gasteiger partial charge < -0.3 is 9.47 Å². The lowest BCUT2D eigenvalue weighted by Crippen LogP contribution is -2.13. The van der Waals surface area contributed by atoms with Crippen molar-refractivity contribution in [2.24, 2.45) is 0 Å². The molecule has 2 unspecified atom stereocenters. The first kappa shape index (κ1) is 20.8. The monoisotopic (exact) mass is 398 g/mol. The van der Waals surface area contributed by atoms with Crippen molar-refractivity contribution in [1.82, 2.24) is 0 Å². The molecular weight excluding hydrogens is 376 g/mol. The van der Waals surface area contributed by atoms with E-state index in [0.29, 0.717) is 0 Å². The van der Waals surface area contributed by atoms with Gasteiger partial charge in [0.25, 0.3) is 0 Å². The van der Waals surface area contributed by atoms with Crippen molar-refractivity contribution in [3.8, 4) is 0 Å². The van der Waals surface area contributed by atoms with Crippen LogP contribution in [0.25, 0.3) is 0 Å². The number of carbonyl (C=O) groups is 2. The Kier molecular flexibility index (Phi) is 6.95. The molecule has 0 spiro atoms. The van der Waals surface area contributed by atoms with E-state index in [1.807, 2.05) is 60.7 Å². The third-order valence-corrected chi connectivity index (χ3v) is 4.49. The Morgan fingerprint density at radius 2 is 1.03 bits per heavy atom. The Morgan fingerprint density at radius 3 is 1.40 bits per heavy atom. The van der Waals surface area contributed by atoms with E-state index in [1.165, 1.54) is 6.07 Å². The molecule has 0 radical (unpaired) electrons. The lowest BCUT2D eigenvalue weighted by molar-refractivity contribution is 0.0390. The van der Waals surface area contributed by atoms with Crippen LogP contribution in [0.1, 0.15) is 44.1 Å². The maximum Gasteiger partial charge on any atom is 0.339 e. The smallest absolute Gasteiger partial charge is 0.339 e. The van der Waals surface area contributed by atoms with E-state index >= 15 is 0 Å². The molecule has 0 bridgehead atoms. The average molecular weight is 398 g/mol. The van der Waals surface area contributed by atoms with E-state index in [-0.39, 0.29) is 11.1 Å². The van der Waals surface area contributed by atoms with Crippen LogP contribution in [0.2, 0.25) is 0 Å². The zero-order chi connectivity index (χ0) is 21.3. The summed E-state index contributed by atoms with van der Waals surface area (Å²) in [6, 6.07) is 24.9. The van der Waals surface area contributed by atoms with Gasteiger partial charge in [0.1, 0.15) is 12.2 Å². The molecule has 0 aliphatic rings. The lowest BCUT2D eigenvalue weighted by atomic mass is 10.1. The highest BCUT2D eigenvalue weighted by Crippen LogP contribution is 2.22. The molecule has 4 nitrogen and oxygen atoms in total. The second-order valence-electron chi connectivity index (χ2n) is 6.53. The van der Waals surface area contributed by atoms with Gasteiger partial charge in [0, 0.05) is 0 Å². The molecule has 0 N–H and O–H groups in total. The minimum absolute atomic E-state index is 0.252.